The number of rotatable bonds is 5. The average molecular weight is 265 g/mol. The van der Waals surface area contributed by atoms with Crippen molar-refractivity contribution < 1.29 is 19.1 Å². The second-order valence-electron chi connectivity index (χ2n) is 4.36. The molecular weight excluding hydrogens is 246 g/mol. The van der Waals surface area contributed by atoms with E-state index in [1.165, 1.54) is 7.11 Å². The van der Waals surface area contributed by atoms with Crippen LogP contribution in [0.15, 0.2) is 18.2 Å². The largest absolute Gasteiger partial charge is 0.424 e. The van der Waals surface area contributed by atoms with Crippen molar-refractivity contribution in [1.82, 2.24) is 5.32 Å². The quantitative estimate of drug-likeness (QED) is 0.645. The molecule has 1 aromatic carbocycles. The van der Waals surface area contributed by atoms with Gasteiger partial charge in [-0.2, -0.15) is 0 Å². The molecule has 5 heteroatoms. The number of aryl methyl sites for hydroxylation is 2. The molecule has 1 rings (SSSR count). The van der Waals surface area contributed by atoms with E-state index in [1.807, 2.05) is 32.0 Å². The fourth-order valence-corrected chi connectivity index (χ4v) is 1.62. The maximum Gasteiger partial charge on any atom is 0.333 e. The molecule has 1 aromatic rings. The van der Waals surface area contributed by atoms with Crippen molar-refractivity contribution in [2.75, 3.05) is 13.7 Å². The summed E-state index contributed by atoms with van der Waals surface area (Å²) in [6.45, 7) is 5.22. The van der Waals surface area contributed by atoms with Gasteiger partial charge in [0.1, 0.15) is 18.4 Å². The molecule has 0 saturated carbocycles. The first-order valence-electron chi connectivity index (χ1n) is 6.02. The lowest BCUT2D eigenvalue weighted by molar-refractivity contribution is -0.139. The molecule has 5 nitrogen and oxygen atoms in total. The summed E-state index contributed by atoms with van der Waals surface area (Å²) in [6, 6.07) is 4.90. The number of benzene rings is 1. The number of hydrogen-bond acceptors (Lipinski definition) is 4. The zero-order valence-electron chi connectivity index (χ0n) is 11.6. The summed E-state index contributed by atoms with van der Waals surface area (Å²) in [5.74, 6) is -0.310. The van der Waals surface area contributed by atoms with Crippen LogP contribution in [0, 0.1) is 13.8 Å². The van der Waals surface area contributed by atoms with Crippen molar-refractivity contribution >= 4 is 11.9 Å². The molecule has 19 heavy (non-hydrogen) atoms. The van der Waals surface area contributed by atoms with Crippen LogP contribution in [0.1, 0.15) is 18.1 Å². The van der Waals surface area contributed by atoms with Crippen molar-refractivity contribution in [3.8, 4) is 5.75 Å². The number of amides is 1. The summed E-state index contributed by atoms with van der Waals surface area (Å²) in [6.07, 6.45) is 0. The summed E-state index contributed by atoms with van der Waals surface area (Å²) < 4.78 is 10.00. The lowest BCUT2D eigenvalue weighted by atomic mass is 10.1. The van der Waals surface area contributed by atoms with Crippen LogP contribution in [-0.4, -0.2) is 31.6 Å². The van der Waals surface area contributed by atoms with Gasteiger partial charge in [-0.05, 0) is 31.9 Å². The van der Waals surface area contributed by atoms with Crippen LogP contribution in [0.3, 0.4) is 0 Å². The molecule has 104 valence electrons. The fraction of sp³-hybridized carbons (Fsp3) is 0.429. The predicted octanol–water partition coefficient (Wildman–Crippen LogP) is 1.36. The number of hydrogen-bond donors (Lipinski definition) is 1. The highest BCUT2D eigenvalue weighted by atomic mass is 16.5. The summed E-state index contributed by atoms with van der Waals surface area (Å²) in [7, 11) is 1.42. The smallest absolute Gasteiger partial charge is 0.333 e. The molecule has 0 radical (unpaired) electrons. The van der Waals surface area contributed by atoms with Gasteiger partial charge in [0.05, 0.1) is 0 Å². The number of methoxy groups -OCH3 is 1. The summed E-state index contributed by atoms with van der Waals surface area (Å²) >= 11 is 0. The standard InChI is InChI=1S/C14H19NO4/c1-9-6-5-7-10(2)13(9)19-14(17)11(3)15-12(16)8-18-4/h5-7,11H,8H2,1-4H3,(H,15,16). The van der Waals surface area contributed by atoms with Crippen LogP contribution in [0.4, 0.5) is 0 Å². The molecule has 1 atom stereocenters. The van der Waals surface area contributed by atoms with Crippen LogP contribution < -0.4 is 10.1 Å². The molecule has 1 amide bonds. The Balaban J connectivity index is 2.66. The lowest BCUT2D eigenvalue weighted by Gasteiger charge is -2.15. The Bertz CT molecular complexity index is 450. The third-order valence-electron chi connectivity index (χ3n) is 2.62. The number of ether oxygens (including phenoxy) is 2. The van der Waals surface area contributed by atoms with Crippen LogP contribution in [-0.2, 0) is 14.3 Å². The number of esters is 1. The van der Waals surface area contributed by atoms with Crippen molar-refractivity contribution in [2.24, 2.45) is 0 Å². The highest BCUT2D eigenvalue weighted by Gasteiger charge is 2.19. The van der Waals surface area contributed by atoms with Gasteiger partial charge in [-0.25, -0.2) is 4.79 Å². The van der Waals surface area contributed by atoms with Gasteiger partial charge < -0.3 is 14.8 Å². The molecule has 0 aliphatic carbocycles. The molecule has 0 saturated heterocycles. The van der Waals surface area contributed by atoms with E-state index in [0.29, 0.717) is 5.75 Å². The molecule has 0 bridgehead atoms. The molecule has 0 aromatic heterocycles. The Morgan fingerprint density at radius 2 is 1.84 bits per heavy atom. The van der Waals surface area contributed by atoms with Gasteiger partial charge >= 0.3 is 5.97 Å². The average Bonchev–Trinajstić information content (AvgIpc) is 2.34. The van der Waals surface area contributed by atoms with Crippen LogP contribution in [0.25, 0.3) is 0 Å². The topological polar surface area (TPSA) is 64.6 Å². The van der Waals surface area contributed by atoms with Gasteiger partial charge in [0.15, 0.2) is 0 Å². The van der Waals surface area contributed by atoms with Gasteiger partial charge in [-0.1, -0.05) is 18.2 Å². The van der Waals surface area contributed by atoms with Crippen molar-refractivity contribution in [3.05, 3.63) is 29.3 Å². The summed E-state index contributed by atoms with van der Waals surface area (Å²) in [5, 5.41) is 2.50. The van der Waals surface area contributed by atoms with Crippen molar-refractivity contribution in [2.45, 2.75) is 26.8 Å². The second kappa shape index (κ2) is 6.89. The SMILES string of the molecule is COCC(=O)NC(C)C(=O)Oc1c(C)cccc1C. The van der Waals surface area contributed by atoms with Crippen LogP contribution in [0.5, 0.6) is 5.75 Å². The van der Waals surface area contributed by atoms with E-state index < -0.39 is 12.0 Å². The second-order valence-corrected chi connectivity index (χ2v) is 4.36. The Hall–Kier alpha value is -1.88. The number of carbonyl (C=O) groups is 2. The maximum absolute atomic E-state index is 11.9. The van der Waals surface area contributed by atoms with E-state index in [9.17, 15) is 9.59 Å². The zero-order chi connectivity index (χ0) is 14.4. The molecule has 0 aliphatic rings. The minimum Gasteiger partial charge on any atom is -0.424 e. The monoisotopic (exact) mass is 265 g/mol. The molecule has 0 heterocycles. The fourth-order valence-electron chi connectivity index (χ4n) is 1.62. The Kier molecular flexibility index (Phi) is 5.51. The maximum atomic E-state index is 11.9. The molecule has 1 unspecified atom stereocenters. The molecule has 0 aliphatic heterocycles. The first-order chi connectivity index (χ1) is 8.95. The molecule has 1 N–H and O–H groups in total. The molecule has 0 spiro atoms. The van der Waals surface area contributed by atoms with E-state index in [1.54, 1.807) is 6.92 Å². The van der Waals surface area contributed by atoms with Gasteiger partial charge in [0.2, 0.25) is 5.91 Å². The summed E-state index contributed by atoms with van der Waals surface area (Å²) in [4.78, 5) is 23.2. The van der Waals surface area contributed by atoms with Crippen molar-refractivity contribution in [1.29, 1.82) is 0 Å². The Labute approximate surface area is 112 Å². The van der Waals surface area contributed by atoms with E-state index >= 15 is 0 Å². The number of carbonyl (C=O) groups excluding carboxylic acids is 2. The van der Waals surface area contributed by atoms with Gasteiger partial charge in [0, 0.05) is 7.11 Å². The Morgan fingerprint density at radius 3 is 2.37 bits per heavy atom. The van der Waals surface area contributed by atoms with Crippen LogP contribution in [0.2, 0.25) is 0 Å². The van der Waals surface area contributed by atoms with E-state index in [2.05, 4.69) is 10.1 Å². The first kappa shape index (κ1) is 15.2. The lowest BCUT2D eigenvalue weighted by Crippen LogP contribution is -2.42. The van der Waals surface area contributed by atoms with Gasteiger partial charge in [-0.15, -0.1) is 0 Å². The van der Waals surface area contributed by atoms with Crippen LogP contribution >= 0.6 is 0 Å². The highest BCUT2D eigenvalue weighted by Crippen LogP contribution is 2.22. The molecular formula is C14H19NO4. The Morgan fingerprint density at radius 1 is 1.26 bits per heavy atom. The van der Waals surface area contributed by atoms with E-state index in [0.717, 1.165) is 11.1 Å². The number of para-hydroxylation sites is 1. The minimum atomic E-state index is -0.721. The molecule has 0 fully saturated rings. The summed E-state index contributed by atoms with van der Waals surface area (Å²) in [5.41, 5.74) is 1.76. The zero-order valence-corrected chi connectivity index (χ0v) is 11.6. The van der Waals surface area contributed by atoms with E-state index in [4.69, 9.17) is 4.74 Å². The normalized spacial score (nSPS) is 11.8. The highest BCUT2D eigenvalue weighted by molar-refractivity contribution is 5.86. The third-order valence-corrected chi connectivity index (χ3v) is 2.62. The third kappa shape index (κ3) is 4.37. The minimum absolute atomic E-state index is 0.0823. The predicted molar refractivity (Wildman–Crippen MR) is 71.0 cm³/mol. The first-order valence-corrected chi connectivity index (χ1v) is 6.02. The van der Waals surface area contributed by atoms with Gasteiger partial charge in [-0.3, -0.25) is 4.79 Å². The van der Waals surface area contributed by atoms with Gasteiger partial charge in [0.25, 0.3) is 0 Å². The van der Waals surface area contributed by atoms with E-state index in [-0.39, 0.29) is 12.5 Å². The number of nitrogens with one attached hydrogen (secondary N) is 1. The van der Waals surface area contributed by atoms with Crippen molar-refractivity contribution in [3.63, 3.8) is 0 Å².